The summed E-state index contributed by atoms with van der Waals surface area (Å²) in [4.78, 5) is 0.226. The fraction of sp³-hybridized carbons (Fsp3) is 0.263. The number of aromatic nitrogens is 1. The molecule has 25 heavy (non-hydrogen) atoms. The standard InChI is InChI=1S/C19H22N2O3S/c1-14(2)24-16-8-10-17(11-9-16)25(22,23)20-12-15-13-21(3)19-7-5-4-6-18(15)19/h4-11,13-14,20H,12H2,1-3H3. The van der Waals surface area contributed by atoms with Crippen LogP contribution in [0.25, 0.3) is 10.9 Å². The van der Waals surface area contributed by atoms with Crippen molar-refractivity contribution in [1.82, 2.24) is 9.29 Å². The number of nitrogens with zero attached hydrogens (tertiary/aromatic N) is 1. The van der Waals surface area contributed by atoms with Crippen LogP contribution in [0.1, 0.15) is 19.4 Å². The van der Waals surface area contributed by atoms with Gasteiger partial charge in [-0.15, -0.1) is 0 Å². The largest absolute Gasteiger partial charge is 0.491 e. The Balaban J connectivity index is 1.77. The quantitative estimate of drug-likeness (QED) is 0.734. The van der Waals surface area contributed by atoms with Crippen molar-refractivity contribution in [3.05, 3.63) is 60.3 Å². The van der Waals surface area contributed by atoms with Gasteiger partial charge >= 0.3 is 0 Å². The number of aryl methyl sites for hydroxylation is 1. The molecule has 0 aliphatic rings. The van der Waals surface area contributed by atoms with Gasteiger partial charge in [0, 0.05) is 30.7 Å². The van der Waals surface area contributed by atoms with Gasteiger partial charge in [-0.2, -0.15) is 0 Å². The minimum absolute atomic E-state index is 0.0481. The van der Waals surface area contributed by atoms with Gasteiger partial charge in [0.15, 0.2) is 0 Å². The number of hydrogen-bond acceptors (Lipinski definition) is 3. The van der Waals surface area contributed by atoms with Crippen molar-refractivity contribution >= 4 is 20.9 Å². The number of ether oxygens (including phenoxy) is 1. The number of nitrogens with one attached hydrogen (secondary N) is 1. The minimum atomic E-state index is -3.58. The highest BCUT2D eigenvalue weighted by molar-refractivity contribution is 7.89. The molecule has 0 saturated heterocycles. The van der Waals surface area contributed by atoms with Crippen LogP contribution in [-0.4, -0.2) is 19.1 Å². The number of benzene rings is 2. The Morgan fingerprint density at radius 3 is 2.44 bits per heavy atom. The number of fused-ring (bicyclic) bond motifs is 1. The molecule has 3 rings (SSSR count). The molecule has 1 aromatic heterocycles. The van der Waals surface area contributed by atoms with E-state index in [0.29, 0.717) is 5.75 Å². The van der Waals surface area contributed by atoms with Crippen molar-refractivity contribution in [2.24, 2.45) is 7.05 Å². The molecular weight excluding hydrogens is 336 g/mol. The maximum atomic E-state index is 12.5. The van der Waals surface area contributed by atoms with E-state index in [4.69, 9.17) is 4.74 Å². The van der Waals surface area contributed by atoms with Crippen molar-refractivity contribution < 1.29 is 13.2 Å². The van der Waals surface area contributed by atoms with Gasteiger partial charge in [-0.3, -0.25) is 0 Å². The molecule has 1 N–H and O–H groups in total. The summed E-state index contributed by atoms with van der Waals surface area (Å²) in [7, 11) is -1.63. The zero-order valence-corrected chi connectivity index (χ0v) is 15.4. The van der Waals surface area contributed by atoms with Gasteiger partial charge in [-0.1, -0.05) is 18.2 Å². The highest BCUT2D eigenvalue weighted by atomic mass is 32.2. The Kier molecular flexibility index (Phi) is 4.83. The molecule has 0 fully saturated rings. The van der Waals surface area contributed by atoms with Gasteiger partial charge < -0.3 is 9.30 Å². The van der Waals surface area contributed by atoms with E-state index in [2.05, 4.69) is 4.72 Å². The van der Waals surface area contributed by atoms with E-state index in [9.17, 15) is 8.42 Å². The van der Waals surface area contributed by atoms with Crippen LogP contribution >= 0.6 is 0 Å². The third kappa shape index (κ3) is 3.86. The molecule has 2 aromatic carbocycles. The Hall–Kier alpha value is -2.31. The van der Waals surface area contributed by atoms with Crippen molar-refractivity contribution in [3.63, 3.8) is 0 Å². The SMILES string of the molecule is CC(C)Oc1ccc(S(=O)(=O)NCc2cn(C)c3ccccc23)cc1. The van der Waals surface area contributed by atoms with E-state index in [0.717, 1.165) is 16.5 Å². The van der Waals surface area contributed by atoms with Gasteiger partial charge in [0.1, 0.15) is 5.75 Å². The second-order valence-corrected chi connectivity index (χ2v) is 8.01. The first-order valence-electron chi connectivity index (χ1n) is 8.16. The van der Waals surface area contributed by atoms with E-state index in [-0.39, 0.29) is 17.5 Å². The second kappa shape index (κ2) is 6.90. The fourth-order valence-electron chi connectivity index (χ4n) is 2.79. The van der Waals surface area contributed by atoms with E-state index < -0.39 is 10.0 Å². The lowest BCUT2D eigenvalue weighted by atomic mass is 10.2. The Morgan fingerprint density at radius 2 is 1.76 bits per heavy atom. The predicted molar refractivity (Wildman–Crippen MR) is 99.2 cm³/mol. The van der Waals surface area contributed by atoms with Gasteiger partial charge in [-0.25, -0.2) is 13.1 Å². The van der Waals surface area contributed by atoms with Crippen LogP contribution in [0.4, 0.5) is 0 Å². The molecule has 6 heteroatoms. The van der Waals surface area contributed by atoms with Crippen molar-refractivity contribution in [2.45, 2.75) is 31.4 Å². The lowest BCUT2D eigenvalue weighted by molar-refractivity contribution is 0.242. The molecule has 1 heterocycles. The highest BCUT2D eigenvalue weighted by Gasteiger charge is 2.15. The third-order valence-corrected chi connectivity index (χ3v) is 5.36. The van der Waals surface area contributed by atoms with Crippen LogP contribution in [-0.2, 0) is 23.6 Å². The molecule has 0 spiro atoms. The number of para-hydroxylation sites is 1. The number of sulfonamides is 1. The Bertz CT molecular complexity index is 974. The first-order valence-corrected chi connectivity index (χ1v) is 9.64. The summed E-state index contributed by atoms with van der Waals surface area (Å²) in [5, 5.41) is 1.05. The molecule has 132 valence electrons. The number of rotatable bonds is 6. The molecule has 0 radical (unpaired) electrons. The van der Waals surface area contributed by atoms with Crippen LogP contribution in [0, 0.1) is 0 Å². The molecule has 0 atom stereocenters. The highest BCUT2D eigenvalue weighted by Crippen LogP contribution is 2.21. The van der Waals surface area contributed by atoms with E-state index in [1.54, 1.807) is 24.3 Å². The monoisotopic (exact) mass is 358 g/mol. The molecule has 0 saturated carbocycles. The molecule has 3 aromatic rings. The van der Waals surface area contributed by atoms with Crippen LogP contribution in [0.15, 0.2) is 59.6 Å². The average Bonchev–Trinajstić information content (AvgIpc) is 2.90. The molecule has 0 amide bonds. The maximum absolute atomic E-state index is 12.5. The minimum Gasteiger partial charge on any atom is -0.491 e. The van der Waals surface area contributed by atoms with Gasteiger partial charge in [0.05, 0.1) is 11.0 Å². The molecule has 5 nitrogen and oxygen atoms in total. The van der Waals surface area contributed by atoms with Gasteiger partial charge in [0.25, 0.3) is 0 Å². The van der Waals surface area contributed by atoms with Crippen LogP contribution in [0.5, 0.6) is 5.75 Å². The van der Waals surface area contributed by atoms with Crippen molar-refractivity contribution in [1.29, 1.82) is 0 Å². The first-order chi connectivity index (χ1) is 11.9. The summed E-state index contributed by atoms with van der Waals surface area (Å²) in [6, 6.07) is 14.4. The Labute approximate surface area is 148 Å². The second-order valence-electron chi connectivity index (χ2n) is 6.24. The summed E-state index contributed by atoms with van der Waals surface area (Å²) in [5.41, 5.74) is 2.02. The summed E-state index contributed by atoms with van der Waals surface area (Å²) in [5.74, 6) is 0.656. The molecule has 0 aliphatic carbocycles. The topological polar surface area (TPSA) is 60.3 Å². The lowest BCUT2D eigenvalue weighted by Gasteiger charge is -2.11. The summed E-state index contributed by atoms with van der Waals surface area (Å²) >= 11 is 0. The van der Waals surface area contributed by atoms with Crippen LogP contribution in [0.3, 0.4) is 0 Å². The van der Waals surface area contributed by atoms with E-state index in [1.807, 2.05) is 55.9 Å². The lowest BCUT2D eigenvalue weighted by Crippen LogP contribution is -2.23. The molecule has 0 bridgehead atoms. The van der Waals surface area contributed by atoms with Crippen molar-refractivity contribution in [3.8, 4) is 5.75 Å². The summed E-state index contributed by atoms with van der Waals surface area (Å²) in [6.07, 6.45) is 2.00. The maximum Gasteiger partial charge on any atom is 0.240 e. The van der Waals surface area contributed by atoms with Gasteiger partial charge in [0.2, 0.25) is 10.0 Å². The Morgan fingerprint density at radius 1 is 1.08 bits per heavy atom. The zero-order valence-electron chi connectivity index (χ0n) is 14.6. The normalized spacial score (nSPS) is 12.0. The summed E-state index contributed by atoms with van der Waals surface area (Å²) < 4.78 is 35.3. The number of hydrogen-bond donors (Lipinski definition) is 1. The van der Waals surface area contributed by atoms with E-state index in [1.165, 1.54) is 0 Å². The van der Waals surface area contributed by atoms with Crippen molar-refractivity contribution in [2.75, 3.05) is 0 Å². The predicted octanol–water partition coefficient (Wildman–Crippen LogP) is 3.44. The summed E-state index contributed by atoms with van der Waals surface area (Å²) in [6.45, 7) is 4.10. The molecular formula is C19H22N2O3S. The smallest absolute Gasteiger partial charge is 0.240 e. The van der Waals surface area contributed by atoms with Gasteiger partial charge in [-0.05, 0) is 49.7 Å². The molecule has 0 unspecified atom stereocenters. The van der Waals surface area contributed by atoms with Crippen LogP contribution in [0.2, 0.25) is 0 Å². The van der Waals surface area contributed by atoms with E-state index >= 15 is 0 Å². The van der Waals surface area contributed by atoms with Crippen LogP contribution < -0.4 is 9.46 Å². The average molecular weight is 358 g/mol. The zero-order chi connectivity index (χ0) is 18.0. The first kappa shape index (κ1) is 17.5. The third-order valence-electron chi connectivity index (χ3n) is 3.94. The fourth-order valence-corrected chi connectivity index (χ4v) is 3.80. The molecule has 0 aliphatic heterocycles.